The summed E-state index contributed by atoms with van der Waals surface area (Å²) in [5.74, 6) is 3.42. The number of hydrogen-bond donors (Lipinski definition) is 1. The van der Waals surface area contributed by atoms with Gasteiger partial charge in [0.25, 0.3) is 0 Å². The zero-order chi connectivity index (χ0) is 28.8. The fourth-order valence-electron chi connectivity index (χ4n) is 10.5. The minimum Gasteiger partial charge on any atom is -0.393 e. The van der Waals surface area contributed by atoms with Crippen molar-refractivity contribution in [3.8, 4) is 0 Å². The Bertz CT molecular complexity index is 995. The average Bonchev–Trinajstić information content (AvgIpc) is 3.40. The lowest BCUT2D eigenvalue weighted by Gasteiger charge is -2.49. The quantitative estimate of drug-likeness (QED) is 0.280. The number of aliphatic hydroxyl groups excluding tert-OH is 1. The third kappa shape index (κ3) is 5.64. The number of likely N-dealkylation sites (tertiary alicyclic amines) is 1. The highest BCUT2D eigenvalue weighted by molar-refractivity contribution is 5.34. The third-order valence-corrected chi connectivity index (χ3v) is 12.6. The molecule has 0 aromatic rings. The Morgan fingerprint density at radius 3 is 2.63 bits per heavy atom. The van der Waals surface area contributed by atoms with Crippen LogP contribution in [0.5, 0.6) is 0 Å². The van der Waals surface area contributed by atoms with Crippen LogP contribution in [0.1, 0.15) is 85.5 Å². The molecule has 6 nitrogen and oxygen atoms in total. The van der Waals surface area contributed by atoms with Crippen molar-refractivity contribution >= 4 is 0 Å². The Morgan fingerprint density at radius 1 is 1.05 bits per heavy atom. The van der Waals surface area contributed by atoms with Gasteiger partial charge in [0.05, 0.1) is 50.8 Å². The van der Waals surface area contributed by atoms with Crippen LogP contribution in [-0.4, -0.2) is 87.1 Å². The molecule has 3 unspecified atom stereocenters. The predicted octanol–water partition coefficient (Wildman–Crippen LogP) is 5.78. The molecule has 10 atom stereocenters. The minimum atomic E-state index is -0.128. The van der Waals surface area contributed by atoms with E-state index in [0.29, 0.717) is 61.7 Å². The second kappa shape index (κ2) is 12.3. The van der Waals surface area contributed by atoms with Gasteiger partial charge >= 0.3 is 0 Å². The molecular formula is C35H57NO5. The lowest BCUT2D eigenvalue weighted by molar-refractivity contribution is -0.0806. The molecule has 0 aromatic carbocycles. The number of fused-ring (bicyclic) bond motifs is 6. The van der Waals surface area contributed by atoms with Crippen molar-refractivity contribution in [1.29, 1.82) is 0 Å². The number of nitrogens with zero attached hydrogens (tertiary/aromatic N) is 1. The highest BCUT2D eigenvalue weighted by Gasteiger charge is 2.59. The number of piperidine rings is 1. The van der Waals surface area contributed by atoms with Crippen LogP contribution in [0.2, 0.25) is 0 Å². The Labute approximate surface area is 249 Å². The molecule has 2 aliphatic heterocycles. The normalized spacial score (nSPS) is 44.3. The number of methoxy groups -OCH3 is 1. The summed E-state index contributed by atoms with van der Waals surface area (Å²) in [6, 6.07) is 0.490. The van der Waals surface area contributed by atoms with E-state index >= 15 is 0 Å². The van der Waals surface area contributed by atoms with Crippen LogP contribution >= 0.6 is 0 Å². The molecule has 0 bridgehead atoms. The van der Waals surface area contributed by atoms with Gasteiger partial charge in [-0.25, -0.2) is 0 Å². The fraction of sp³-hybridized carbons (Fsp3) is 0.886. The minimum absolute atomic E-state index is 0.0286. The number of allylic oxidation sites excluding steroid dienone is 2. The van der Waals surface area contributed by atoms with E-state index in [2.05, 4.69) is 38.7 Å². The van der Waals surface area contributed by atoms with Crippen molar-refractivity contribution in [1.82, 2.24) is 4.90 Å². The Balaban J connectivity index is 1.12. The van der Waals surface area contributed by atoms with Gasteiger partial charge in [-0.1, -0.05) is 43.6 Å². The third-order valence-electron chi connectivity index (χ3n) is 12.6. The smallest absolute Gasteiger partial charge is 0.0765 e. The van der Waals surface area contributed by atoms with Gasteiger partial charge in [-0.3, -0.25) is 4.90 Å². The summed E-state index contributed by atoms with van der Waals surface area (Å²) in [5.41, 5.74) is 5.26. The maximum atomic E-state index is 10.4. The van der Waals surface area contributed by atoms with Gasteiger partial charge in [-0.15, -0.1) is 0 Å². The van der Waals surface area contributed by atoms with E-state index in [1.165, 1.54) is 32.1 Å². The van der Waals surface area contributed by atoms with Crippen LogP contribution in [0.4, 0.5) is 0 Å². The summed E-state index contributed by atoms with van der Waals surface area (Å²) in [6.45, 7) is 15.3. The van der Waals surface area contributed by atoms with Crippen LogP contribution in [-0.2, 0) is 18.9 Å². The highest BCUT2D eigenvalue weighted by atomic mass is 16.5. The van der Waals surface area contributed by atoms with E-state index in [-0.39, 0.29) is 11.7 Å². The topological polar surface area (TPSA) is 60.4 Å². The number of ether oxygens (including phenoxy) is 4. The molecule has 0 aromatic heterocycles. The average molecular weight is 572 g/mol. The molecule has 6 heteroatoms. The predicted molar refractivity (Wildman–Crippen MR) is 162 cm³/mol. The van der Waals surface area contributed by atoms with Gasteiger partial charge in [0.15, 0.2) is 0 Å². The molecule has 1 N–H and O–H groups in total. The first-order chi connectivity index (χ1) is 19.8. The number of rotatable bonds is 9. The van der Waals surface area contributed by atoms with E-state index in [1.54, 1.807) is 23.8 Å². The summed E-state index contributed by atoms with van der Waals surface area (Å²) in [4.78, 5) is 2.71. The summed E-state index contributed by atoms with van der Waals surface area (Å²) < 4.78 is 23.9. The van der Waals surface area contributed by atoms with E-state index in [9.17, 15) is 5.11 Å². The SMILES string of the molecule is COCCOCCOCCN1C[C@@H](C)CC2OC3(CC[C@@H]4C(=C(C)C3)C[C@H]3C4CC=C4C[C@@H](O)CC[C@@]43C)[C@H](C)[C@@H]21. The van der Waals surface area contributed by atoms with Crippen molar-refractivity contribution in [3.05, 3.63) is 22.8 Å². The Morgan fingerprint density at radius 2 is 1.83 bits per heavy atom. The molecule has 6 aliphatic rings. The number of hydrogen-bond acceptors (Lipinski definition) is 6. The first-order valence-electron chi connectivity index (χ1n) is 16.9. The van der Waals surface area contributed by atoms with E-state index in [4.69, 9.17) is 18.9 Å². The monoisotopic (exact) mass is 571 g/mol. The summed E-state index contributed by atoms with van der Waals surface area (Å²) in [5, 5.41) is 10.4. The molecule has 0 radical (unpaired) electrons. The van der Waals surface area contributed by atoms with Crippen molar-refractivity contribution < 1.29 is 24.1 Å². The second-order valence-corrected chi connectivity index (χ2v) is 14.9. The molecule has 2 saturated carbocycles. The van der Waals surface area contributed by atoms with Gasteiger partial charge < -0.3 is 24.1 Å². The maximum Gasteiger partial charge on any atom is 0.0765 e. The lowest BCUT2D eigenvalue weighted by Crippen LogP contribution is -2.52. The maximum absolute atomic E-state index is 10.4. The lowest BCUT2D eigenvalue weighted by atomic mass is 9.56. The van der Waals surface area contributed by atoms with Gasteiger partial charge in [-0.05, 0) is 93.8 Å². The van der Waals surface area contributed by atoms with E-state index in [1.807, 2.05) is 0 Å². The highest BCUT2D eigenvalue weighted by Crippen LogP contribution is 2.63. The van der Waals surface area contributed by atoms with Crippen molar-refractivity contribution in [2.75, 3.05) is 53.2 Å². The molecule has 41 heavy (non-hydrogen) atoms. The molecule has 6 rings (SSSR count). The van der Waals surface area contributed by atoms with E-state index in [0.717, 1.165) is 57.2 Å². The van der Waals surface area contributed by atoms with Crippen LogP contribution in [0.25, 0.3) is 0 Å². The molecule has 4 aliphatic carbocycles. The van der Waals surface area contributed by atoms with Crippen LogP contribution < -0.4 is 0 Å². The zero-order valence-corrected chi connectivity index (χ0v) is 26.5. The Kier molecular flexibility index (Phi) is 9.10. The molecule has 2 heterocycles. The van der Waals surface area contributed by atoms with Gasteiger partial charge in [0.1, 0.15) is 0 Å². The van der Waals surface area contributed by atoms with Crippen molar-refractivity contribution in [3.63, 3.8) is 0 Å². The van der Waals surface area contributed by atoms with Crippen molar-refractivity contribution in [2.45, 2.75) is 109 Å². The summed E-state index contributed by atoms with van der Waals surface area (Å²) in [6.07, 6.45) is 13.0. The van der Waals surface area contributed by atoms with Crippen LogP contribution in [0.15, 0.2) is 22.8 Å². The largest absolute Gasteiger partial charge is 0.393 e. The molecule has 2 saturated heterocycles. The molecule has 4 fully saturated rings. The second-order valence-electron chi connectivity index (χ2n) is 14.9. The van der Waals surface area contributed by atoms with Gasteiger partial charge in [0.2, 0.25) is 0 Å². The van der Waals surface area contributed by atoms with E-state index < -0.39 is 0 Å². The number of aliphatic hydroxyl groups is 1. The molecule has 1 spiro atoms. The van der Waals surface area contributed by atoms with Gasteiger partial charge in [0, 0.05) is 32.2 Å². The van der Waals surface area contributed by atoms with Gasteiger partial charge in [-0.2, -0.15) is 0 Å². The first-order valence-corrected chi connectivity index (χ1v) is 16.9. The summed E-state index contributed by atoms with van der Waals surface area (Å²) in [7, 11) is 1.70. The Hall–Kier alpha value is -0.760. The van der Waals surface area contributed by atoms with Crippen molar-refractivity contribution in [2.24, 2.45) is 35.0 Å². The molecular weight excluding hydrogens is 514 g/mol. The standard InChI is InChI=1S/C35H57NO5/c1-23-18-32-33(36(22-23)12-13-39-16-17-40-15-14-38-5)25(3)35(41-32)11-9-28-29-7-6-26-19-27(37)8-10-34(26,4)31(29)20-30(28)24(2)21-35/h6,23,25,27-29,31-33,37H,7-22H2,1-5H3/t23-,25+,27-,28-,29?,31-,32?,33-,34-,35?/m0/s1. The summed E-state index contributed by atoms with van der Waals surface area (Å²) >= 11 is 0. The zero-order valence-electron chi connectivity index (χ0n) is 26.5. The molecule has 232 valence electrons. The fourth-order valence-corrected chi connectivity index (χ4v) is 10.5. The molecule has 0 amide bonds. The van der Waals surface area contributed by atoms with Crippen LogP contribution in [0.3, 0.4) is 0 Å². The van der Waals surface area contributed by atoms with Crippen LogP contribution in [0, 0.1) is 35.0 Å². The first kappa shape index (κ1) is 30.3.